The lowest BCUT2D eigenvalue weighted by Crippen LogP contribution is -2.44. The minimum Gasteiger partial charge on any atom is -0.466 e. The zero-order valence-corrected chi connectivity index (χ0v) is 19.5. The van der Waals surface area contributed by atoms with Gasteiger partial charge < -0.3 is 9.64 Å². The third kappa shape index (κ3) is 5.76. The Labute approximate surface area is 199 Å². The van der Waals surface area contributed by atoms with Crippen LogP contribution in [0.5, 0.6) is 0 Å². The lowest BCUT2D eigenvalue weighted by atomic mass is 9.89. The number of hydrogen-bond acceptors (Lipinski definition) is 5. The molecule has 1 amide bonds. The highest BCUT2D eigenvalue weighted by Gasteiger charge is 2.35. The van der Waals surface area contributed by atoms with Crippen LogP contribution in [0.25, 0.3) is 11.0 Å². The fraction of sp³-hybridized carbons (Fsp3) is 0.407. The molecular formula is C27H30FN3O3. The van der Waals surface area contributed by atoms with Crippen LogP contribution in [0.15, 0.2) is 54.7 Å². The number of amides is 1. The van der Waals surface area contributed by atoms with Gasteiger partial charge in [0, 0.05) is 29.7 Å². The molecule has 34 heavy (non-hydrogen) atoms. The van der Waals surface area contributed by atoms with E-state index < -0.39 is 6.04 Å². The van der Waals surface area contributed by atoms with Gasteiger partial charge in [0.15, 0.2) is 5.65 Å². The number of fused-ring (bicyclic) bond motifs is 1. The van der Waals surface area contributed by atoms with E-state index in [-0.39, 0.29) is 36.6 Å². The number of carbonyl (C=O) groups is 2. The van der Waals surface area contributed by atoms with Crippen LogP contribution in [0.4, 0.5) is 4.39 Å². The van der Waals surface area contributed by atoms with E-state index in [1.165, 1.54) is 12.1 Å². The summed E-state index contributed by atoms with van der Waals surface area (Å²) >= 11 is 0. The van der Waals surface area contributed by atoms with Crippen molar-refractivity contribution in [2.45, 2.75) is 51.5 Å². The third-order valence-electron chi connectivity index (χ3n) is 6.37. The van der Waals surface area contributed by atoms with Crippen LogP contribution in [-0.2, 0) is 20.7 Å². The molecule has 0 aliphatic carbocycles. The van der Waals surface area contributed by atoms with Gasteiger partial charge in [-0.25, -0.2) is 14.4 Å². The van der Waals surface area contributed by atoms with E-state index in [9.17, 15) is 14.0 Å². The fourth-order valence-corrected chi connectivity index (χ4v) is 4.71. The number of likely N-dealkylation sites (tertiary alicyclic amines) is 1. The van der Waals surface area contributed by atoms with Crippen molar-refractivity contribution < 1.29 is 18.7 Å². The topological polar surface area (TPSA) is 72.4 Å². The number of rotatable bonds is 9. The highest BCUT2D eigenvalue weighted by molar-refractivity contribution is 5.81. The summed E-state index contributed by atoms with van der Waals surface area (Å²) in [5.74, 6) is -0.865. The van der Waals surface area contributed by atoms with E-state index in [1.807, 2.05) is 24.3 Å². The zero-order valence-electron chi connectivity index (χ0n) is 19.5. The molecule has 1 aromatic carbocycles. The summed E-state index contributed by atoms with van der Waals surface area (Å²) in [6.07, 6.45) is 5.76. The Kier molecular flexibility index (Phi) is 7.83. The SMILES string of the molecule is CCOC(=O)C[C@@H](c1cccc(F)c1)N1CCCC(CCCc2ccc3cccnc3n2)C1=O. The average Bonchev–Trinajstić information content (AvgIpc) is 2.84. The first-order chi connectivity index (χ1) is 16.5. The van der Waals surface area contributed by atoms with Crippen molar-refractivity contribution in [3.63, 3.8) is 0 Å². The van der Waals surface area contributed by atoms with Crippen molar-refractivity contribution in [1.29, 1.82) is 0 Å². The summed E-state index contributed by atoms with van der Waals surface area (Å²) in [4.78, 5) is 36.4. The number of halogens is 1. The Hall–Kier alpha value is -3.35. The molecule has 0 saturated carbocycles. The zero-order chi connectivity index (χ0) is 23.9. The van der Waals surface area contributed by atoms with Crippen molar-refractivity contribution in [3.8, 4) is 0 Å². The molecule has 7 heteroatoms. The minimum absolute atomic E-state index is 0.0176. The van der Waals surface area contributed by atoms with Crippen LogP contribution in [0, 0.1) is 11.7 Å². The Morgan fingerprint density at radius 3 is 2.94 bits per heavy atom. The van der Waals surface area contributed by atoms with Gasteiger partial charge in [-0.1, -0.05) is 12.1 Å². The van der Waals surface area contributed by atoms with Gasteiger partial charge in [0.1, 0.15) is 5.82 Å². The highest BCUT2D eigenvalue weighted by Crippen LogP contribution is 2.33. The number of aryl methyl sites for hydroxylation is 1. The lowest BCUT2D eigenvalue weighted by molar-refractivity contribution is -0.148. The van der Waals surface area contributed by atoms with Gasteiger partial charge in [0.25, 0.3) is 0 Å². The van der Waals surface area contributed by atoms with Crippen molar-refractivity contribution in [3.05, 3.63) is 71.8 Å². The van der Waals surface area contributed by atoms with Gasteiger partial charge in [-0.15, -0.1) is 0 Å². The molecule has 2 atom stereocenters. The third-order valence-corrected chi connectivity index (χ3v) is 6.37. The van der Waals surface area contributed by atoms with Crippen LogP contribution in [0.2, 0.25) is 0 Å². The normalized spacial score (nSPS) is 17.1. The maximum Gasteiger partial charge on any atom is 0.308 e. The molecule has 6 nitrogen and oxygen atoms in total. The molecule has 1 aliphatic heterocycles. The van der Waals surface area contributed by atoms with Crippen molar-refractivity contribution in [2.75, 3.05) is 13.2 Å². The van der Waals surface area contributed by atoms with Crippen LogP contribution >= 0.6 is 0 Å². The number of hydrogen-bond donors (Lipinski definition) is 0. The molecule has 3 aromatic rings. The van der Waals surface area contributed by atoms with Gasteiger partial charge >= 0.3 is 5.97 Å². The van der Waals surface area contributed by atoms with Gasteiger partial charge in [-0.05, 0) is 81.0 Å². The molecule has 0 radical (unpaired) electrons. The predicted molar refractivity (Wildman–Crippen MR) is 127 cm³/mol. The molecule has 2 aromatic heterocycles. The molecule has 0 N–H and O–H groups in total. The van der Waals surface area contributed by atoms with Gasteiger partial charge in [0.2, 0.25) is 5.91 Å². The maximum atomic E-state index is 13.9. The molecule has 1 fully saturated rings. The molecule has 1 aliphatic rings. The van der Waals surface area contributed by atoms with Crippen LogP contribution in [0.3, 0.4) is 0 Å². The first-order valence-electron chi connectivity index (χ1n) is 12.0. The average molecular weight is 464 g/mol. The van der Waals surface area contributed by atoms with E-state index >= 15 is 0 Å². The number of pyridine rings is 2. The van der Waals surface area contributed by atoms with Crippen LogP contribution in [-0.4, -0.2) is 39.9 Å². The molecule has 3 heterocycles. The monoisotopic (exact) mass is 463 g/mol. The second-order valence-corrected chi connectivity index (χ2v) is 8.70. The highest BCUT2D eigenvalue weighted by atomic mass is 19.1. The maximum absolute atomic E-state index is 13.9. The van der Waals surface area contributed by atoms with E-state index in [2.05, 4.69) is 9.97 Å². The second-order valence-electron chi connectivity index (χ2n) is 8.70. The van der Waals surface area contributed by atoms with E-state index in [0.717, 1.165) is 48.8 Å². The summed E-state index contributed by atoms with van der Waals surface area (Å²) < 4.78 is 19.1. The summed E-state index contributed by atoms with van der Waals surface area (Å²) in [7, 11) is 0. The number of nitrogens with zero attached hydrogens (tertiary/aromatic N) is 3. The first-order valence-corrected chi connectivity index (χ1v) is 12.0. The minimum atomic E-state index is -0.529. The first kappa shape index (κ1) is 23.8. The Morgan fingerprint density at radius 2 is 2.12 bits per heavy atom. The van der Waals surface area contributed by atoms with E-state index in [4.69, 9.17) is 4.74 Å². The van der Waals surface area contributed by atoms with Crippen LogP contribution in [0.1, 0.15) is 56.3 Å². The lowest BCUT2D eigenvalue weighted by Gasteiger charge is -2.38. The summed E-state index contributed by atoms with van der Waals surface area (Å²) in [6, 6.07) is 13.5. The Balaban J connectivity index is 1.43. The van der Waals surface area contributed by atoms with Gasteiger partial charge in [0.05, 0.1) is 19.1 Å². The molecule has 4 rings (SSSR count). The van der Waals surface area contributed by atoms with Gasteiger partial charge in [-0.3, -0.25) is 9.59 Å². The smallest absolute Gasteiger partial charge is 0.308 e. The molecule has 0 spiro atoms. The molecule has 1 saturated heterocycles. The van der Waals surface area contributed by atoms with E-state index in [1.54, 1.807) is 30.2 Å². The second kappa shape index (κ2) is 11.2. The molecule has 1 unspecified atom stereocenters. The predicted octanol–water partition coefficient (Wildman–Crippen LogP) is 5.02. The fourth-order valence-electron chi connectivity index (χ4n) is 4.71. The number of piperidine rings is 1. The molecular weight excluding hydrogens is 433 g/mol. The number of ether oxygens (including phenoxy) is 1. The Bertz CT molecular complexity index is 1150. The summed E-state index contributed by atoms with van der Waals surface area (Å²) in [5.41, 5.74) is 2.32. The van der Waals surface area contributed by atoms with Crippen molar-refractivity contribution >= 4 is 22.9 Å². The number of carbonyl (C=O) groups excluding carboxylic acids is 2. The number of esters is 1. The van der Waals surface area contributed by atoms with E-state index in [0.29, 0.717) is 12.1 Å². The Morgan fingerprint density at radius 1 is 1.24 bits per heavy atom. The number of aromatic nitrogens is 2. The molecule has 0 bridgehead atoms. The van der Waals surface area contributed by atoms with Crippen molar-refractivity contribution in [1.82, 2.24) is 14.9 Å². The summed E-state index contributed by atoms with van der Waals surface area (Å²) in [5, 5.41) is 1.01. The molecule has 178 valence electrons. The van der Waals surface area contributed by atoms with Gasteiger partial charge in [-0.2, -0.15) is 0 Å². The van der Waals surface area contributed by atoms with Crippen LogP contribution < -0.4 is 0 Å². The number of benzene rings is 1. The largest absolute Gasteiger partial charge is 0.466 e. The van der Waals surface area contributed by atoms with Crippen molar-refractivity contribution in [2.24, 2.45) is 5.92 Å². The standard InChI is InChI=1S/C27H30FN3O3/c1-2-34-25(32)18-24(21-8-3-11-22(28)17-21)31-16-6-10-20(27(31)33)7-4-12-23-14-13-19-9-5-15-29-26(19)30-23/h3,5,8-9,11,13-15,17,20,24H,2,4,6-7,10,12,16,18H2,1H3/t20?,24-/m0/s1. The quantitative estimate of drug-likeness (QED) is 0.417. The summed E-state index contributed by atoms with van der Waals surface area (Å²) in [6.45, 7) is 2.56.